The minimum Gasteiger partial charge on any atom is -0.344 e. The third-order valence-corrected chi connectivity index (χ3v) is 7.40. The lowest BCUT2D eigenvalue weighted by Gasteiger charge is -2.22. The molecule has 0 radical (unpaired) electrons. The standard InChI is InChI=1S/C21H26N6O3S/c1-25(2)21-23-18(30-24-21)14-7-5-10-27(14)16(28)9-11-26-12-22-19-17(20(26)29)13-6-3-4-8-15(13)31-19/h12,14H,3-11H2,1-2H3. The molecule has 9 nitrogen and oxygen atoms in total. The van der Waals surface area contributed by atoms with Crippen molar-refractivity contribution in [3.05, 3.63) is 33.0 Å². The highest BCUT2D eigenvalue weighted by Gasteiger charge is 2.34. The number of nitrogens with zero attached hydrogens (tertiary/aromatic N) is 6. The van der Waals surface area contributed by atoms with Crippen LogP contribution in [0, 0.1) is 0 Å². The fraction of sp³-hybridized carbons (Fsp3) is 0.571. The van der Waals surface area contributed by atoms with Crippen molar-refractivity contribution in [2.24, 2.45) is 0 Å². The fourth-order valence-electron chi connectivity index (χ4n) is 4.57. The Morgan fingerprint density at radius 1 is 1.29 bits per heavy atom. The number of aromatic nitrogens is 4. The van der Waals surface area contributed by atoms with Crippen molar-refractivity contribution in [2.45, 2.75) is 57.5 Å². The summed E-state index contributed by atoms with van der Waals surface area (Å²) >= 11 is 1.64. The number of fused-ring (bicyclic) bond motifs is 3. The third-order valence-electron chi connectivity index (χ3n) is 6.20. The van der Waals surface area contributed by atoms with Crippen LogP contribution in [0.1, 0.15) is 54.5 Å². The molecule has 0 aromatic carbocycles. The average Bonchev–Trinajstić information content (AvgIpc) is 3.50. The molecule has 4 heterocycles. The van der Waals surface area contributed by atoms with Crippen molar-refractivity contribution in [1.82, 2.24) is 24.6 Å². The zero-order valence-corrected chi connectivity index (χ0v) is 18.7. The summed E-state index contributed by atoms with van der Waals surface area (Å²) in [6, 6.07) is -0.199. The summed E-state index contributed by atoms with van der Waals surface area (Å²) in [4.78, 5) is 40.7. The number of thiophene rings is 1. The summed E-state index contributed by atoms with van der Waals surface area (Å²) in [5.74, 6) is 0.963. The van der Waals surface area contributed by atoms with Gasteiger partial charge in [0, 0.05) is 38.5 Å². The van der Waals surface area contributed by atoms with Gasteiger partial charge in [-0.1, -0.05) is 0 Å². The molecule has 3 aromatic heterocycles. The second-order valence-electron chi connectivity index (χ2n) is 8.46. The van der Waals surface area contributed by atoms with Gasteiger partial charge < -0.3 is 14.3 Å². The first kappa shape index (κ1) is 20.2. The van der Waals surface area contributed by atoms with Gasteiger partial charge in [-0.3, -0.25) is 14.2 Å². The zero-order chi connectivity index (χ0) is 21.5. The first-order chi connectivity index (χ1) is 15.0. The van der Waals surface area contributed by atoms with Crippen molar-refractivity contribution in [3.8, 4) is 0 Å². The molecule has 0 saturated carbocycles. The van der Waals surface area contributed by atoms with Crippen LogP contribution in [-0.2, 0) is 24.2 Å². The van der Waals surface area contributed by atoms with E-state index in [0.29, 0.717) is 24.9 Å². The lowest BCUT2D eigenvalue weighted by molar-refractivity contribution is -0.132. The Labute approximate surface area is 183 Å². The number of carbonyl (C=O) groups is 1. The summed E-state index contributed by atoms with van der Waals surface area (Å²) in [6.45, 7) is 0.981. The van der Waals surface area contributed by atoms with E-state index in [4.69, 9.17) is 4.52 Å². The molecule has 1 saturated heterocycles. The summed E-state index contributed by atoms with van der Waals surface area (Å²) < 4.78 is 6.99. The van der Waals surface area contributed by atoms with Crippen LogP contribution in [0.15, 0.2) is 15.6 Å². The number of carbonyl (C=O) groups excluding carboxylic acids is 1. The highest BCUT2D eigenvalue weighted by Crippen LogP contribution is 2.34. The monoisotopic (exact) mass is 442 g/mol. The van der Waals surface area contributed by atoms with Crippen LogP contribution in [0.4, 0.5) is 5.95 Å². The lowest BCUT2D eigenvalue weighted by atomic mass is 9.97. The van der Waals surface area contributed by atoms with E-state index in [1.54, 1.807) is 32.0 Å². The number of hydrogen-bond donors (Lipinski definition) is 0. The Hall–Kier alpha value is -2.75. The number of anilines is 1. The second kappa shape index (κ2) is 8.07. The van der Waals surface area contributed by atoms with Gasteiger partial charge in [0.15, 0.2) is 0 Å². The first-order valence-electron chi connectivity index (χ1n) is 10.8. The zero-order valence-electron chi connectivity index (χ0n) is 17.8. The van der Waals surface area contributed by atoms with Crippen molar-refractivity contribution < 1.29 is 9.32 Å². The van der Waals surface area contributed by atoms with Gasteiger partial charge in [0.2, 0.25) is 5.91 Å². The summed E-state index contributed by atoms with van der Waals surface area (Å²) in [5, 5.41) is 4.73. The quantitative estimate of drug-likeness (QED) is 0.599. The Kier molecular flexibility index (Phi) is 5.25. The molecule has 164 valence electrons. The number of hydrogen-bond acceptors (Lipinski definition) is 8. The molecule has 0 bridgehead atoms. The van der Waals surface area contributed by atoms with Crippen molar-refractivity contribution in [3.63, 3.8) is 0 Å². The molecule has 1 unspecified atom stereocenters. The predicted molar refractivity (Wildman–Crippen MR) is 117 cm³/mol. The molecule has 0 spiro atoms. The maximum atomic E-state index is 13.1. The van der Waals surface area contributed by atoms with E-state index < -0.39 is 0 Å². The summed E-state index contributed by atoms with van der Waals surface area (Å²) in [6.07, 6.45) is 7.80. The first-order valence-corrected chi connectivity index (χ1v) is 11.6. The SMILES string of the molecule is CN(C)c1noc(C2CCCN2C(=O)CCn2cnc3sc4c(c3c2=O)CCCC4)n1. The molecule has 0 N–H and O–H groups in total. The van der Waals surface area contributed by atoms with Gasteiger partial charge in [-0.15, -0.1) is 11.3 Å². The minimum atomic E-state index is -0.199. The molecule has 5 rings (SSSR count). The van der Waals surface area contributed by atoms with Crippen LogP contribution < -0.4 is 10.5 Å². The molecule has 31 heavy (non-hydrogen) atoms. The van der Waals surface area contributed by atoms with E-state index in [-0.39, 0.29) is 23.9 Å². The highest BCUT2D eigenvalue weighted by molar-refractivity contribution is 7.18. The normalized spacial score (nSPS) is 18.5. The molecule has 1 fully saturated rings. The molecule has 1 aliphatic carbocycles. The summed E-state index contributed by atoms with van der Waals surface area (Å²) in [5.41, 5.74) is 1.15. The highest BCUT2D eigenvalue weighted by atomic mass is 32.1. The Morgan fingerprint density at radius 3 is 2.94 bits per heavy atom. The maximum Gasteiger partial charge on any atom is 0.265 e. The molecule has 10 heteroatoms. The largest absolute Gasteiger partial charge is 0.344 e. The minimum absolute atomic E-state index is 0.00792. The molecule has 2 aliphatic rings. The number of amides is 1. The van der Waals surface area contributed by atoms with E-state index in [2.05, 4.69) is 15.1 Å². The van der Waals surface area contributed by atoms with E-state index >= 15 is 0 Å². The van der Waals surface area contributed by atoms with Gasteiger partial charge in [0.25, 0.3) is 17.4 Å². The Balaban J connectivity index is 1.32. The van der Waals surface area contributed by atoms with Gasteiger partial charge >= 0.3 is 0 Å². The number of likely N-dealkylation sites (tertiary alicyclic amines) is 1. The lowest BCUT2D eigenvalue weighted by Crippen LogP contribution is -2.32. The van der Waals surface area contributed by atoms with Gasteiger partial charge in [0.1, 0.15) is 10.9 Å². The molecular weight excluding hydrogens is 416 g/mol. The molecular formula is C21H26N6O3S. The Bertz CT molecular complexity index is 1180. The van der Waals surface area contributed by atoms with E-state index in [9.17, 15) is 9.59 Å². The van der Waals surface area contributed by atoms with Crippen LogP contribution >= 0.6 is 11.3 Å². The second-order valence-corrected chi connectivity index (χ2v) is 9.54. The van der Waals surface area contributed by atoms with E-state index in [1.807, 2.05) is 14.1 Å². The molecule has 1 amide bonds. The van der Waals surface area contributed by atoms with Crippen LogP contribution in [0.25, 0.3) is 10.2 Å². The maximum absolute atomic E-state index is 13.1. The van der Waals surface area contributed by atoms with Crippen LogP contribution in [0.5, 0.6) is 0 Å². The molecule has 1 atom stereocenters. The van der Waals surface area contributed by atoms with Gasteiger partial charge in [-0.25, -0.2) is 4.98 Å². The van der Waals surface area contributed by atoms with E-state index in [0.717, 1.165) is 42.3 Å². The predicted octanol–water partition coefficient (Wildman–Crippen LogP) is 2.54. The molecule has 1 aliphatic heterocycles. The van der Waals surface area contributed by atoms with Crippen LogP contribution in [0.3, 0.4) is 0 Å². The summed E-state index contributed by atoms with van der Waals surface area (Å²) in [7, 11) is 3.69. The number of aryl methyl sites for hydroxylation is 3. The Morgan fingerprint density at radius 2 is 2.13 bits per heavy atom. The van der Waals surface area contributed by atoms with E-state index in [1.165, 1.54) is 16.9 Å². The van der Waals surface area contributed by atoms with Gasteiger partial charge in [-0.05, 0) is 49.2 Å². The van der Waals surface area contributed by atoms with Crippen molar-refractivity contribution in [2.75, 3.05) is 25.5 Å². The van der Waals surface area contributed by atoms with Crippen molar-refractivity contribution in [1.29, 1.82) is 0 Å². The van der Waals surface area contributed by atoms with Gasteiger partial charge in [-0.2, -0.15) is 4.98 Å². The smallest absolute Gasteiger partial charge is 0.265 e. The average molecular weight is 443 g/mol. The van der Waals surface area contributed by atoms with Crippen LogP contribution in [0.2, 0.25) is 0 Å². The number of rotatable bonds is 5. The van der Waals surface area contributed by atoms with Gasteiger partial charge in [0.05, 0.1) is 11.7 Å². The van der Waals surface area contributed by atoms with Crippen molar-refractivity contribution >= 4 is 33.4 Å². The third kappa shape index (κ3) is 3.62. The fourth-order valence-corrected chi connectivity index (χ4v) is 5.79. The topological polar surface area (TPSA) is 97.4 Å². The molecule has 3 aromatic rings. The van der Waals surface area contributed by atoms with Crippen LogP contribution in [-0.4, -0.2) is 51.1 Å².